The summed E-state index contributed by atoms with van der Waals surface area (Å²) in [6.07, 6.45) is 0. The number of anilines is 3. The van der Waals surface area contributed by atoms with Gasteiger partial charge in [0.05, 0.1) is 5.69 Å². The van der Waals surface area contributed by atoms with E-state index in [4.69, 9.17) is 4.42 Å². The maximum Gasteiger partial charge on any atom is 0.136 e. The van der Waals surface area contributed by atoms with E-state index in [1.54, 1.807) is 0 Å². The molecule has 0 saturated carbocycles. The van der Waals surface area contributed by atoms with E-state index in [2.05, 4.69) is 207 Å². The quantitative estimate of drug-likeness (QED) is 0.174. The molecule has 1 heterocycles. The van der Waals surface area contributed by atoms with Gasteiger partial charge in [0.15, 0.2) is 0 Å². The molecule has 0 bridgehead atoms. The average Bonchev–Trinajstić information content (AvgIpc) is 3.70. The molecule has 252 valence electrons. The molecule has 0 spiro atoms. The summed E-state index contributed by atoms with van der Waals surface area (Å²) >= 11 is 0. The molecule has 2 heteroatoms. The van der Waals surface area contributed by atoms with E-state index in [0.717, 1.165) is 27.9 Å². The molecule has 1 aliphatic rings. The molecule has 9 aromatic rings. The highest BCUT2D eigenvalue weighted by Gasteiger charge is 2.41. The van der Waals surface area contributed by atoms with Crippen molar-refractivity contribution in [2.75, 3.05) is 4.90 Å². The first-order chi connectivity index (χ1) is 26.1. The van der Waals surface area contributed by atoms with Crippen LogP contribution in [0.3, 0.4) is 0 Å². The number of hydrogen-bond donors (Lipinski definition) is 0. The third-order valence-corrected chi connectivity index (χ3v) is 11.0. The van der Waals surface area contributed by atoms with Crippen molar-refractivity contribution in [3.63, 3.8) is 0 Å². The minimum absolute atomic E-state index is 0.329. The molecule has 1 aromatic heterocycles. The first-order valence-corrected chi connectivity index (χ1v) is 18.4. The number of fused-ring (bicyclic) bond motifs is 6. The topological polar surface area (TPSA) is 16.4 Å². The molecule has 53 heavy (non-hydrogen) atoms. The molecular weight excluding hydrogens is 643 g/mol. The van der Waals surface area contributed by atoms with E-state index in [-0.39, 0.29) is 5.41 Å². The molecule has 0 fully saturated rings. The van der Waals surface area contributed by atoms with Crippen molar-refractivity contribution in [2.24, 2.45) is 0 Å². The zero-order valence-corrected chi connectivity index (χ0v) is 29.8. The lowest BCUT2D eigenvalue weighted by Gasteiger charge is -2.32. The van der Waals surface area contributed by atoms with Gasteiger partial charge in [0, 0.05) is 33.1 Å². The van der Waals surface area contributed by atoms with Crippen molar-refractivity contribution in [1.82, 2.24) is 0 Å². The maximum atomic E-state index is 6.63. The van der Waals surface area contributed by atoms with Crippen molar-refractivity contribution in [3.05, 3.63) is 199 Å². The highest BCUT2D eigenvalue weighted by atomic mass is 16.3. The fourth-order valence-corrected chi connectivity index (χ4v) is 8.57. The van der Waals surface area contributed by atoms with Crippen molar-refractivity contribution in [3.8, 4) is 44.5 Å². The summed E-state index contributed by atoms with van der Waals surface area (Å²) in [5, 5.41) is 2.31. The molecule has 0 saturated heterocycles. The van der Waals surface area contributed by atoms with Gasteiger partial charge in [-0.15, -0.1) is 0 Å². The monoisotopic (exact) mass is 679 g/mol. The van der Waals surface area contributed by atoms with E-state index in [1.807, 2.05) is 0 Å². The van der Waals surface area contributed by atoms with Gasteiger partial charge in [0.2, 0.25) is 0 Å². The molecule has 1 aliphatic carbocycles. The molecule has 0 aliphatic heterocycles. The lowest BCUT2D eigenvalue weighted by atomic mass is 9.80. The SMILES string of the molecule is CC1(C)c2cc3oc4ccccc4c3c(-c3ccccc3)c2-c2cccc(N(c3ccc(-c4ccccc4)cc3)c3ccc(-c4ccccc4)cc3)c21. The molecular formula is C51H37NO. The lowest BCUT2D eigenvalue weighted by Crippen LogP contribution is -2.20. The molecule has 0 atom stereocenters. The summed E-state index contributed by atoms with van der Waals surface area (Å²) in [5.41, 5.74) is 17.3. The smallest absolute Gasteiger partial charge is 0.136 e. The Balaban J connectivity index is 1.21. The molecule has 0 amide bonds. The second kappa shape index (κ2) is 12.3. The number of nitrogens with zero attached hydrogens (tertiary/aromatic N) is 1. The summed E-state index contributed by atoms with van der Waals surface area (Å²) in [6.45, 7) is 4.75. The maximum absolute atomic E-state index is 6.63. The van der Waals surface area contributed by atoms with Gasteiger partial charge in [-0.25, -0.2) is 0 Å². The van der Waals surface area contributed by atoms with Crippen LogP contribution in [0.5, 0.6) is 0 Å². The summed E-state index contributed by atoms with van der Waals surface area (Å²) in [7, 11) is 0. The van der Waals surface area contributed by atoms with Crippen LogP contribution in [0.4, 0.5) is 17.1 Å². The van der Waals surface area contributed by atoms with Crippen LogP contribution >= 0.6 is 0 Å². The molecule has 0 N–H and O–H groups in total. The minimum Gasteiger partial charge on any atom is -0.456 e. The summed E-state index contributed by atoms with van der Waals surface area (Å²) in [5.74, 6) is 0. The number of para-hydroxylation sites is 1. The second-order valence-corrected chi connectivity index (χ2v) is 14.5. The Morgan fingerprint density at radius 3 is 1.53 bits per heavy atom. The average molecular weight is 680 g/mol. The van der Waals surface area contributed by atoms with E-state index < -0.39 is 0 Å². The first-order valence-electron chi connectivity index (χ1n) is 18.4. The van der Waals surface area contributed by atoms with E-state index >= 15 is 0 Å². The van der Waals surface area contributed by atoms with Gasteiger partial charge in [-0.1, -0.05) is 159 Å². The number of benzene rings is 8. The number of furan rings is 1. The molecule has 8 aromatic carbocycles. The van der Waals surface area contributed by atoms with Gasteiger partial charge < -0.3 is 9.32 Å². The van der Waals surface area contributed by atoms with Gasteiger partial charge in [0.1, 0.15) is 11.2 Å². The highest BCUT2D eigenvalue weighted by molar-refractivity contribution is 6.18. The summed E-state index contributed by atoms with van der Waals surface area (Å²) in [6, 6.07) is 67.7. The Morgan fingerprint density at radius 1 is 0.434 bits per heavy atom. The standard InChI is InChI=1S/C51H37NO/c1-51(2)43-33-46-49(41-21-12-13-24-45(41)53-46)47(38-19-10-5-11-20-38)48(43)42-22-14-23-44(50(42)51)52(39-29-25-36(26-30-39)34-15-6-3-7-16-34)40-31-27-37(28-32-40)35-17-8-4-9-18-35/h3-33H,1-2H3. The third-order valence-electron chi connectivity index (χ3n) is 11.0. The van der Waals surface area contributed by atoms with Crippen molar-refractivity contribution < 1.29 is 4.42 Å². The fourth-order valence-electron chi connectivity index (χ4n) is 8.57. The van der Waals surface area contributed by atoms with Gasteiger partial charge in [-0.2, -0.15) is 0 Å². The van der Waals surface area contributed by atoms with Crippen molar-refractivity contribution in [1.29, 1.82) is 0 Å². The Bertz CT molecular complexity index is 2680. The lowest BCUT2D eigenvalue weighted by molar-refractivity contribution is 0.647. The highest BCUT2D eigenvalue weighted by Crippen LogP contribution is 2.59. The van der Waals surface area contributed by atoms with E-state index in [9.17, 15) is 0 Å². The summed E-state index contributed by atoms with van der Waals surface area (Å²) in [4.78, 5) is 2.44. The van der Waals surface area contributed by atoms with E-state index in [0.29, 0.717) is 0 Å². The van der Waals surface area contributed by atoms with Crippen LogP contribution in [0.15, 0.2) is 192 Å². The predicted octanol–water partition coefficient (Wildman–Crippen LogP) is 14.4. The van der Waals surface area contributed by atoms with Crippen molar-refractivity contribution >= 4 is 39.0 Å². The number of hydrogen-bond acceptors (Lipinski definition) is 2. The third kappa shape index (κ3) is 5.02. The largest absolute Gasteiger partial charge is 0.456 e. The van der Waals surface area contributed by atoms with Crippen LogP contribution in [0, 0.1) is 0 Å². The fraction of sp³-hybridized carbons (Fsp3) is 0.0588. The Kier molecular flexibility index (Phi) is 7.19. The molecule has 2 nitrogen and oxygen atoms in total. The zero-order valence-electron chi connectivity index (χ0n) is 29.8. The molecule has 10 rings (SSSR count). The Hall–Kier alpha value is -6.64. The zero-order chi connectivity index (χ0) is 35.5. The molecule has 0 radical (unpaired) electrons. The predicted molar refractivity (Wildman–Crippen MR) is 222 cm³/mol. The first kappa shape index (κ1) is 31.1. The molecule has 0 unspecified atom stereocenters. The second-order valence-electron chi connectivity index (χ2n) is 14.5. The Morgan fingerprint density at radius 2 is 0.943 bits per heavy atom. The van der Waals surface area contributed by atoms with Crippen LogP contribution in [-0.4, -0.2) is 0 Å². The van der Waals surface area contributed by atoms with Gasteiger partial charge in [-0.05, 0) is 92.5 Å². The van der Waals surface area contributed by atoms with Crippen LogP contribution in [0.25, 0.3) is 66.4 Å². The van der Waals surface area contributed by atoms with Crippen LogP contribution < -0.4 is 4.90 Å². The van der Waals surface area contributed by atoms with Gasteiger partial charge >= 0.3 is 0 Å². The van der Waals surface area contributed by atoms with E-state index in [1.165, 1.54) is 66.7 Å². The van der Waals surface area contributed by atoms with Crippen molar-refractivity contribution in [2.45, 2.75) is 19.3 Å². The minimum atomic E-state index is -0.329. The van der Waals surface area contributed by atoms with Crippen LogP contribution in [-0.2, 0) is 5.41 Å². The normalized spacial score (nSPS) is 12.9. The van der Waals surface area contributed by atoms with Gasteiger partial charge in [-0.3, -0.25) is 0 Å². The summed E-state index contributed by atoms with van der Waals surface area (Å²) < 4.78 is 6.63. The van der Waals surface area contributed by atoms with Crippen LogP contribution in [0.2, 0.25) is 0 Å². The van der Waals surface area contributed by atoms with Crippen LogP contribution in [0.1, 0.15) is 25.0 Å². The van der Waals surface area contributed by atoms with Gasteiger partial charge in [0.25, 0.3) is 0 Å². The Labute approximate surface area is 310 Å². The number of rotatable bonds is 6.